The van der Waals surface area contributed by atoms with Crippen LogP contribution in [0.2, 0.25) is 0 Å². The number of sulfonamides is 1. The summed E-state index contributed by atoms with van der Waals surface area (Å²) in [6.07, 6.45) is 0.745. The van der Waals surface area contributed by atoms with E-state index in [1.54, 1.807) is 31.2 Å². The molecule has 0 aliphatic carbocycles. The first-order valence-corrected chi connectivity index (χ1v) is 7.15. The third kappa shape index (κ3) is 4.18. The van der Waals surface area contributed by atoms with Gasteiger partial charge in [-0.2, -0.15) is 5.26 Å². The highest BCUT2D eigenvalue weighted by atomic mass is 32.2. The van der Waals surface area contributed by atoms with Gasteiger partial charge in [0, 0.05) is 6.42 Å². The minimum absolute atomic E-state index is 0.166. The summed E-state index contributed by atoms with van der Waals surface area (Å²) in [4.78, 5) is 11.2. The Hall–Kier alpha value is -1.87. The molecule has 0 atom stereocenters. The van der Waals surface area contributed by atoms with E-state index in [0.717, 1.165) is 0 Å². The lowest BCUT2D eigenvalue weighted by molar-refractivity contribution is -0.119. The second kappa shape index (κ2) is 6.17. The van der Waals surface area contributed by atoms with Gasteiger partial charge in [-0.3, -0.25) is 9.52 Å². The van der Waals surface area contributed by atoms with E-state index in [0.29, 0.717) is 17.5 Å². The number of amides is 1. The summed E-state index contributed by atoms with van der Waals surface area (Å²) in [5, 5.41) is 8.85. The smallest absolute Gasteiger partial charge is 0.239 e. The molecule has 6 heteroatoms. The van der Waals surface area contributed by atoms with Crippen LogP contribution in [0.3, 0.4) is 0 Å². The fourth-order valence-corrected chi connectivity index (χ4v) is 2.63. The summed E-state index contributed by atoms with van der Waals surface area (Å²) in [6, 6.07) is 8.33. The monoisotopic (exact) mass is 266 g/mol. The van der Waals surface area contributed by atoms with Crippen LogP contribution in [-0.4, -0.2) is 14.3 Å². The molecule has 0 aromatic heterocycles. The van der Waals surface area contributed by atoms with Crippen LogP contribution in [0, 0.1) is 11.3 Å². The van der Waals surface area contributed by atoms with Crippen LogP contribution >= 0.6 is 0 Å². The Kier molecular flexibility index (Phi) is 4.86. The topological polar surface area (TPSA) is 87.0 Å². The van der Waals surface area contributed by atoms with Crippen molar-refractivity contribution in [3.63, 3.8) is 0 Å². The van der Waals surface area contributed by atoms with E-state index < -0.39 is 15.9 Å². The molecular formula is C12H14N2O3S. The fraction of sp³-hybridized carbons (Fsp3) is 0.333. The Morgan fingerprint density at radius 1 is 1.39 bits per heavy atom. The zero-order chi connectivity index (χ0) is 13.6. The summed E-state index contributed by atoms with van der Waals surface area (Å²) in [5.74, 6) is -0.890. The average Bonchev–Trinajstić information content (AvgIpc) is 2.28. The van der Waals surface area contributed by atoms with E-state index in [4.69, 9.17) is 5.26 Å². The first-order valence-electron chi connectivity index (χ1n) is 5.50. The maximum absolute atomic E-state index is 11.7. The predicted octanol–water partition coefficient (Wildman–Crippen LogP) is 1.30. The highest BCUT2D eigenvalue weighted by molar-refractivity contribution is 7.89. The molecule has 18 heavy (non-hydrogen) atoms. The third-order valence-electron chi connectivity index (χ3n) is 2.23. The van der Waals surface area contributed by atoms with Crippen LogP contribution in [0.25, 0.3) is 0 Å². The van der Waals surface area contributed by atoms with Gasteiger partial charge in [0.1, 0.15) is 0 Å². The minimum atomic E-state index is -3.74. The Bertz CT molecular complexity index is 573. The Balaban J connectivity index is 2.83. The van der Waals surface area contributed by atoms with Gasteiger partial charge < -0.3 is 0 Å². The van der Waals surface area contributed by atoms with Crippen molar-refractivity contribution in [3.8, 4) is 6.07 Å². The zero-order valence-electron chi connectivity index (χ0n) is 10.0. The van der Waals surface area contributed by atoms with Gasteiger partial charge in [-0.25, -0.2) is 8.42 Å². The molecular weight excluding hydrogens is 252 g/mol. The first-order chi connectivity index (χ1) is 8.48. The van der Waals surface area contributed by atoms with Crippen molar-refractivity contribution in [2.75, 3.05) is 0 Å². The molecule has 0 radical (unpaired) electrons. The van der Waals surface area contributed by atoms with Gasteiger partial charge in [0.25, 0.3) is 0 Å². The molecule has 96 valence electrons. The van der Waals surface area contributed by atoms with Gasteiger partial charge in [0.05, 0.1) is 17.4 Å². The normalized spacial score (nSPS) is 10.7. The van der Waals surface area contributed by atoms with Crippen molar-refractivity contribution >= 4 is 15.9 Å². The summed E-state index contributed by atoms with van der Waals surface area (Å²) >= 11 is 0. The second-order valence-electron chi connectivity index (χ2n) is 3.80. The molecule has 0 saturated carbocycles. The SMILES string of the molecule is CCCC(=O)NS(=O)(=O)Cc1ccccc1C#N. The number of nitriles is 1. The molecule has 1 amide bonds. The molecule has 0 heterocycles. The van der Waals surface area contributed by atoms with E-state index in [1.807, 2.05) is 10.8 Å². The summed E-state index contributed by atoms with van der Waals surface area (Å²) < 4.78 is 25.4. The quantitative estimate of drug-likeness (QED) is 0.870. The van der Waals surface area contributed by atoms with Gasteiger partial charge >= 0.3 is 0 Å². The van der Waals surface area contributed by atoms with Gasteiger partial charge in [0.2, 0.25) is 15.9 Å². The second-order valence-corrected chi connectivity index (χ2v) is 5.53. The lowest BCUT2D eigenvalue weighted by Crippen LogP contribution is -2.31. The molecule has 0 spiro atoms. The molecule has 0 fully saturated rings. The van der Waals surface area contributed by atoms with Crippen LogP contribution < -0.4 is 4.72 Å². The summed E-state index contributed by atoms with van der Waals surface area (Å²) in [6.45, 7) is 1.79. The predicted molar refractivity (Wildman–Crippen MR) is 66.8 cm³/mol. The number of carbonyl (C=O) groups is 1. The number of nitrogens with one attached hydrogen (secondary N) is 1. The summed E-state index contributed by atoms with van der Waals surface area (Å²) in [7, 11) is -3.74. The molecule has 0 aliphatic rings. The van der Waals surface area contributed by atoms with Gasteiger partial charge in [-0.15, -0.1) is 0 Å². The number of hydrogen-bond donors (Lipinski definition) is 1. The highest BCUT2D eigenvalue weighted by Gasteiger charge is 2.16. The van der Waals surface area contributed by atoms with Crippen LogP contribution in [0.1, 0.15) is 30.9 Å². The largest absolute Gasteiger partial charge is 0.274 e. The lowest BCUT2D eigenvalue weighted by atomic mass is 10.1. The molecule has 0 bridgehead atoms. The van der Waals surface area contributed by atoms with E-state index in [-0.39, 0.29) is 12.2 Å². The van der Waals surface area contributed by atoms with E-state index in [9.17, 15) is 13.2 Å². The number of rotatable bonds is 5. The van der Waals surface area contributed by atoms with Crippen molar-refractivity contribution in [1.82, 2.24) is 4.72 Å². The number of hydrogen-bond acceptors (Lipinski definition) is 4. The van der Waals surface area contributed by atoms with Gasteiger partial charge in [0.15, 0.2) is 0 Å². The minimum Gasteiger partial charge on any atom is -0.274 e. The lowest BCUT2D eigenvalue weighted by Gasteiger charge is -2.07. The van der Waals surface area contributed by atoms with Gasteiger partial charge in [-0.05, 0) is 18.1 Å². The van der Waals surface area contributed by atoms with E-state index in [2.05, 4.69) is 0 Å². The van der Waals surface area contributed by atoms with Crippen LogP contribution in [0.4, 0.5) is 0 Å². The zero-order valence-corrected chi connectivity index (χ0v) is 10.8. The van der Waals surface area contributed by atoms with Crippen LogP contribution in [0.15, 0.2) is 24.3 Å². The summed E-state index contributed by atoms with van der Waals surface area (Å²) in [5.41, 5.74) is 0.683. The molecule has 5 nitrogen and oxygen atoms in total. The van der Waals surface area contributed by atoms with E-state index >= 15 is 0 Å². The van der Waals surface area contributed by atoms with Crippen molar-refractivity contribution in [2.45, 2.75) is 25.5 Å². The van der Waals surface area contributed by atoms with Crippen LogP contribution in [0.5, 0.6) is 0 Å². The van der Waals surface area contributed by atoms with Crippen LogP contribution in [-0.2, 0) is 20.6 Å². The highest BCUT2D eigenvalue weighted by Crippen LogP contribution is 2.10. The van der Waals surface area contributed by atoms with Crippen molar-refractivity contribution in [3.05, 3.63) is 35.4 Å². The van der Waals surface area contributed by atoms with Gasteiger partial charge in [-0.1, -0.05) is 25.1 Å². The third-order valence-corrected chi connectivity index (χ3v) is 3.46. The molecule has 1 rings (SSSR count). The molecule has 0 saturated heterocycles. The molecule has 0 aliphatic heterocycles. The fourth-order valence-electron chi connectivity index (χ4n) is 1.45. The number of benzene rings is 1. The molecule has 1 N–H and O–H groups in total. The number of nitrogens with zero attached hydrogens (tertiary/aromatic N) is 1. The Morgan fingerprint density at radius 2 is 2.06 bits per heavy atom. The molecule has 1 aromatic carbocycles. The Morgan fingerprint density at radius 3 is 2.67 bits per heavy atom. The van der Waals surface area contributed by atoms with Crippen molar-refractivity contribution < 1.29 is 13.2 Å². The van der Waals surface area contributed by atoms with E-state index in [1.165, 1.54) is 0 Å². The molecule has 0 unspecified atom stereocenters. The van der Waals surface area contributed by atoms with Crippen molar-refractivity contribution in [1.29, 1.82) is 5.26 Å². The maximum atomic E-state index is 11.7. The standard InChI is InChI=1S/C12H14N2O3S/c1-2-5-12(15)14-18(16,17)9-11-7-4-3-6-10(11)8-13/h3-4,6-7H,2,5,9H2,1H3,(H,14,15). The Labute approximate surface area is 106 Å². The molecule has 1 aromatic rings. The maximum Gasteiger partial charge on any atom is 0.239 e. The average molecular weight is 266 g/mol. The first kappa shape index (κ1) is 14.2. The van der Waals surface area contributed by atoms with Crippen molar-refractivity contribution in [2.24, 2.45) is 0 Å². The number of carbonyl (C=O) groups excluding carboxylic acids is 1.